The minimum absolute atomic E-state index is 0.0926. The molecule has 0 heterocycles. The number of ether oxygens (including phenoxy) is 1. The van der Waals surface area contributed by atoms with Crippen LogP contribution in [0, 0.1) is 5.82 Å². The monoisotopic (exact) mass is 255 g/mol. The number of rotatable bonds is 4. The molecular weight excluding hydrogens is 246 g/mol. The number of hydrogen-bond acceptors (Lipinski definition) is 3. The van der Waals surface area contributed by atoms with Gasteiger partial charge in [-0.15, -0.1) is 24.9 Å². The molecule has 0 aromatic heterocycles. The molecule has 2 nitrogen and oxygen atoms in total. The molecule has 0 aliphatic heterocycles. The first kappa shape index (κ1) is 13.1. The number of alkyl halides is 3. The summed E-state index contributed by atoms with van der Waals surface area (Å²) in [6.07, 6.45) is -4.62. The lowest BCUT2D eigenvalue weighted by molar-refractivity contribution is -0.322. The average molecular weight is 255 g/mol. The Morgan fingerprint density at radius 1 is 1.31 bits per heavy atom. The fraction of sp³-hybridized carbons (Fsp3) is 0.333. The second-order valence-electron chi connectivity index (χ2n) is 2.82. The molecule has 0 fully saturated rings. The summed E-state index contributed by atoms with van der Waals surface area (Å²) in [6, 6.07) is 3.74. The Kier molecular flexibility index (Phi) is 4.43. The van der Waals surface area contributed by atoms with Crippen molar-refractivity contribution >= 4 is 17.4 Å². The Bertz CT molecular complexity index is 356. The van der Waals surface area contributed by atoms with E-state index in [1.807, 2.05) is 0 Å². The first-order valence-electron chi connectivity index (χ1n) is 4.27. The molecule has 1 rings (SSSR count). The molecule has 2 N–H and O–H groups in total. The van der Waals surface area contributed by atoms with E-state index in [0.717, 1.165) is 17.8 Å². The second kappa shape index (κ2) is 5.40. The van der Waals surface area contributed by atoms with Crippen molar-refractivity contribution in [2.75, 3.05) is 18.1 Å². The quantitative estimate of drug-likeness (QED) is 0.389. The fourth-order valence-electron chi connectivity index (χ4n) is 0.960. The van der Waals surface area contributed by atoms with Crippen LogP contribution in [-0.4, -0.2) is 18.7 Å². The lowest BCUT2D eigenvalue weighted by Crippen LogP contribution is -2.15. The van der Waals surface area contributed by atoms with Gasteiger partial charge in [0.25, 0.3) is 0 Å². The van der Waals surface area contributed by atoms with E-state index in [2.05, 4.69) is 4.74 Å². The average Bonchev–Trinajstić information content (AvgIpc) is 2.13. The van der Waals surface area contributed by atoms with Gasteiger partial charge in [-0.1, -0.05) is 0 Å². The van der Waals surface area contributed by atoms with Crippen LogP contribution in [0.2, 0.25) is 0 Å². The van der Waals surface area contributed by atoms with Crippen molar-refractivity contribution in [3.05, 3.63) is 24.0 Å². The first-order chi connectivity index (χ1) is 7.38. The summed E-state index contributed by atoms with van der Waals surface area (Å²) in [6.45, 7) is -0.467. The highest BCUT2D eigenvalue weighted by molar-refractivity contribution is 7.99. The van der Waals surface area contributed by atoms with Gasteiger partial charge in [0, 0.05) is 16.3 Å². The standard InChI is InChI=1S/C9H9F4NOS/c10-6-1-2-8(7(14)5-6)16-4-3-15-9(11,12)13/h1-2,5H,3-4,14H2. The summed E-state index contributed by atoms with van der Waals surface area (Å²) >= 11 is 1.08. The number of halogens is 4. The normalized spacial score (nSPS) is 11.8. The second-order valence-corrected chi connectivity index (χ2v) is 3.96. The molecule has 0 radical (unpaired) electrons. The maximum Gasteiger partial charge on any atom is 0.522 e. The summed E-state index contributed by atoms with van der Waals surface area (Å²) in [7, 11) is 0. The number of hydrogen-bond donors (Lipinski definition) is 1. The number of nitrogen functional groups attached to an aromatic ring is 1. The van der Waals surface area contributed by atoms with Gasteiger partial charge in [-0.2, -0.15) is 0 Å². The third-order valence-electron chi connectivity index (χ3n) is 1.58. The maximum absolute atomic E-state index is 12.6. The molecule has 0 saturated heterocycles. The topological polar surface area (TPSA) is 35.2 Å². The maximum atomic E-state index is 12.6. The van der Waals surface area contributed by atoms with E-state index in [1.165, 1.54) is 12.1 Å². The lowest BCUT2D eigenvalue weighted by atomic mass is 10.3. The molecule has 0 aliphatic rings. The molecule has 90 valence electrons. The van der Waals surface area contributed by atoms with Crippen LogP contribution >= 0.6 is 11.8 Å². The molecule has 1 aromatic carbocycles. The van der Waals surface area contributed by atoms with E-state index < -0.39 is 18.8 Å². The molecular formula is C9H9F4NOS. The minimum Gasteiger partial charge on any atom is -0.398 e. The molecule has 1 aromatic rings. The van der Waals surface area contributed by atoms with E-state index in [9.17, 15) is 17.6 Å². The minimum atomic E-state index is -4.62. The zero-order valence-corrected chi connectivity index (χ0v) is 8.87. The van der Waals surface area contributed by atoms with E-state index in [4.69, 9.17) is 5.73 Å². The van der Waals surface area contributed by atoms with Crippen LogP contribution in [0.15, 0.2) is 23.1 Å². The molecule has 0 amide bonds. The highest BCUT2D eigenvalue weighted by Crippen LogP contribution is 2.26. The van der Waals surface area contributed by atoms with Gasteiger partial charge in [0.1, 0.15) is 5.82 Å². The summed E-state index contributed by atoms with van der Waals surface area (Å²) in [5.74, 6) is -0.386. The van der Waals surface area contributed by atoms with Crippen LogP contribution in [0.1, 0.15) is 0 Å². The summed E-state index contributed by atoms with van der Waals surface area (Å²) in [5, 5.41) is 0. The largest absolute Gasteiger partial charge is 0.522 e. The van der Waals surface area contributed by atoms with Crippen molar-refractivity contribution in [2.24, 2.45) is 0 Å². The van der Waals surface area contributed by atoms with Crippen LogP contribution in [0.25, 0.3) is 0 Å². The highest BCUT2D eigenvalue weighted by atomic mass is 32.2. The third kappa shape index (κ3) is 4.71. The summed E-state index contributed by atoms with van der Waals surface area (Å²) < 4.78 is 51.0. The molecule has 0 saturated carbocycles. The van der Waals surface area contributed by atoms with Crippen molar-refractivity contribution in [3.8, 4) is 0 Å². The van der Waals surface area contributed by atoms with Gasteiger partial charge in [-0.25, -0.2) is 4.39 Å². The van der Waals surface area contributed by atoms with Gasteiger partial charge >= 0.3 is 6.36 Å². The Hall–Kier alpha value is -0.950. The lowest BCUT2D eigenvalue weighted by Gasteiger charge is -2.08. The van der Waals surface area contributed by atoms with Gasteiger partial charge in [0.15, 0.2) is 0 Å². The molecule has 7 heteroatoms. The van der Waals surface area contributed by atoms with E-state index in [1.54, 1.807) is 0 Å². The van der Waals surface area contributed by atoms with E-state index >= 15 is 0 Å². The summed E-state index contributed by atoms with van der Waals surface area (Å²) in [5.41, 5.74) is 5.67. The Morgan fingerprint density at radius 2 is 2.00 bits per heavy atom. The number of nitrogens with two attached hydrogens (primary N) is 1. The third-order valence-corrected chi connectivity index (χ3v) is 2.63. The van der Waals surface area contributed by atoms with E-state index in [-0.39, 0.29) is 11.4 Å². The van der Waals surface area contributed by atoms with Crippen LogP contribution in [-0.2, 0) is 4.74 Å². The number of thioether (sulfide) groups is 1. The van der Waals surface area contributed by atoms with Crippen molar-refractivity contribution in [2.45, 2.75) is 11.3 Å². The smallest absolute Gasteiger partial charge is 0.398 e. The van der Waals surface area contributed by atoms with Gasteiger partial charge in [-0.05, 0) is 18.2 Å². The molecule has 0 spiro atoms. The Balaban J connectivity index is 2.38. The predicted molar refractivity (Wildman–Crippen MR) is 53.5 cm³/mol. The van der Waals surface area contributed by atoms with Crippen molar-refractivity contribution < 1.29 is 22.3 Å². The van der Waals surface area contributed by atoms with E-state index in [0.29, 0.717) is 4.90 Å². The molecule has 0 bridgehead atoms. The number of anilines is 1. The van der Waals surface area contributed by atoms with Crippen LogP contribution in [0.4, 0.5) is 23.2 Å². The molecule has 16 heavy (non-hydrogen) atoms. The van der Waals surface area contributed by atoms with Crippen molar-refractivity contribution in [1.29, 1.82) is 0 Å². The molecule has 0 aliphatic carbocycles. The number of benzene rings is 1. The zero-order chi connectivity index (χ0) is 12.2. The molecule has 0 unspecified atom stereocenters. The van der Waals surface area contributed by atoms with Crippen molar-refractivity contribution in [1.82, 2.24) is 0 Å². The van der Waals surface area contributed by atoms with Gasteiger partial charge in [-0.3, -0.25) is 4.74 Å². The molecule has 0 atom stereocenters. The summed E-state index contributed by atoms with van der Waals surface area (Å²) in [4.78, 5) is 0.534. The fourth-order valence-corrected chi connectivity index (χ4v) is 1.74. The van der Waals surface area contributed by atoms with Gasteiger partial charge < -0.3 is 5.73 Å². The SMILES string of the molecule is Nc1cc(F)ccc1SCCOC(F)(F)F. The Labute approximate surface area is 93.8 Å². The zero-order valence-electron chi connectivity index (χ0n) is 8.05. The Morgan fingerprint density at radius 3 is 2.56 bits per heavy atom. The van der Waals surface area contributed by atoms with Gasteiger partial charge in [0.2, 0.25) is 0 Å². The van der Waals surface area contributed by atoms with Crippen LogP contribution < -0.4 is 5.73 Å². The first-order valence-corrected chi connectivity index (χ1v) is 5.25. The van der Waals surface area contributed by atoms with Crippen molar-refractivity contribution in [3.63, 3.8) is 0 Å². The van der Waals surface area contributed by atoms with Crippen LogP contribution in [0.5, 0.6) is 0 Å². The highest BCUT2D eigenvalue weighted by Gasteiger charge is 2.28. The van der Waals surface area contributed by atoms with Gasteiger partial charge in [0.05, 0.1) is 6.61 Å². The predicted octanol–water partition coefficient (Wildman–Crippen LogP) is 3.04. The van der Waals surface area contributed by atoms with Crippen LogP contribution in [0.3, 0.4) is 0 Å².